The first-order valence-electron chi connectivity index (χ1n) is 6.20. The second kappa shape index (κ2) is 7.38. The predicted octanol–water partition coefficient (Wildman–Crippen LogP) is 3.88. The van der Waals surface area contributed by atoms with Gasteiger partial charge in [-0.25, -0.2) is 0 Å². The van der Waals surface area contributed by atoms with Crippen molar-refractivity contribution < 1.29 is 9.21 Å². The van der Waals surface area contributed by atoms with Crippen LogP contribution in [-0.2, 0) is 0 Å². The van der Waals surface area contributed by atoms with Crippen LogP contribution in [0.5, 0.6) is 0 Å². The van der Waals surface area contributed by atoms with E-state index >= 15 is 0 Å². The Hall–Kier alpha value is -0.960. The maximum atomic E-state index is 11.8. The number of furan rings is 1. The number of amides is 1. The zero-order valence-electron chi connectivity index (χ0n) is 10.5. The molecule has 96 valence electrons. The van der Waals surface area contributed by atoms with E-state index < -0.39 is 0 Å². The molecule has 0 fully saturated rings. The summed E-state index contributed by atoms with van der Waals surface area (Å²) < 4.78 is 4.89. The highest BCUT2D eigenvalue weighted by atomic mass is 35.5. The van der Waals surface area contributed by atoms with Crippen LogP contribution in [-0.4, -0.2) is 12.5 Å². The number of hydrogen-bond donors (Lipinski definition) is 1. The summed E-state index contributed by atoms with van der Waals surface area (Å²) in [4.78, 5) is 11.8. The molecule has 0 radical (unpaired) electrons. The van der Waals surface area contributed by atoms with Gasteiger partial charge < -0.3 is 9.73 Å². The van der Waals surface area contributed by atoms with Crippen LogP contribution in [0.15, 0.2) is 16.7 Å². The van der Waals surface area contributed by atoms with Crippen LogP contribution in [0.1, 0.15) is 49.9 Å². The Morgan fingerprint density at radius 1 is 1.53 bits per heavy atom. The summed E-state index contributed by atoms with van der Waals surface area (Å²) in [5, 5.41) is 3.06. The maximum Gasteiger partial charge on any atom is 0.256 e. The van der Waals surface area contributed by atoms with Crippen molar-refractivity contribution in [1.82, 2.24) is 5.32 Å². The van der Waals surface area contributed by atoms with Gasteiger partial charge in [0.2, 0.25) is 5.22 Å². The van der Waals surface area contributed by atoms with Gasteiger partial charge in [0.15, 0.2) is 0 Å². The molecule has 1 aromatic heterocycles. The number of carbonyl (C=O) groups excluding carboxylic acids is 1. The maximum absolute atomic E-state index is 11.8. The highest BCUT2D eigenvalue weighted by Crippen LogP contribution is 2.17. The van der Waals surface area contributed by atoms with Crippen LogP contribution in [0, 0.1) is 5.92 Å². The first-order chi connectivity index (χ1) is 8.19. The second-order valence-electron chi connectivity index (χ2n) is 4.23. The third-order valence-electron chi connectivity index (χ3n) is 2.96. The lowest BCUT2D eigenvalue weighted by Gasteiger charge is -2.14. The largest absolute Gasteiger partial charge is 0.452 e. The number of carbonyl (C=O) groups is 1. The molecule has 1 N–H and O–H groups in total. The summed E-state index contributed by atoms with van der Waals surface area (Å²) in [5.74, 6) is 0.392. The summed E-state index contributed by atoms with van der Waals surface area (Å²) in [5.41, 5.74) is 0.414. The SMILES string of the molecule is CCCCC(CC)CNC(=O)c1ccoc1Cl. The molecule has 0 aliphatic rings. The minimum Gasteiger partial charge on any atom is -0.452 e. The monoisotopic (exact) mass is 257 g/mol. The van der Waals surface area contributed by atoms with Gasteiger partial charge in [-0.1, -0.05) is 33.1 Å². The molecule has 1 unspecified atom stereocenters. The molecule has 0 spiro atoms. The molecule has 1 heterocycles. The fourth-order valence-corrected chi connectivity index (χ4v) is 1.93. The molecule has 0 bridgehead atoms. The van der Waals surface area contributed by atoms with Gasteiger partial charge in [-0.05, 0) is 30.0 Å². The predicted molar refractivity (Wildman–Crippen MR) is 69.4 cm³/mol. The summed E-state index contributed by atoms with van der Waals surface area (Å²) in [7, 11) is 0. The van der Waals surface area contributed by atoms with Crippen molar-refractivity contribution in [1.29, 1.82) is 0 Å². The average Bonchev–Trinajstić information content (AvgIpc) is 2.75. The molecule has 3 nitrogen and oxygen atoms in total. The summed E-state index contributed by atoms with van der Waals surface area (Å²) in [6.45, 7) is 5.03. The van der Waals surface area contributed by atoms with Crippen molar-refractivity contribution >= 4 is 17.5 Å². The van der Waals surface area contributed by atoms with Crippen LogP contribution < -0.4 is 5.32 Å². The highest BCUT2D eigenvalue weighted by molar-refractivity contribution is 6.32. The standard InChI is InChI=1S/C13H20ClNO2/c1-3-5-6-10(4-2)9-15-13(16)11-7-8-17-12(11)14/h7-8,10H,3-6,9H2,1-2H3,(H,15,16). The van der Waals surface area contributed by atoms with Crippen molar-refractivity contribution in [3.63, 3.8) is 0 Å². The van der Waals surface area contributed by atoms with E-state index in [9.17, 15) is 4.79 Å². The molecule has 0 saturated carbocycles. The van der Waals surface area contributed by atoms with Gasteiger partial charge in [0, 0.05) is 6.54 Å². The van der Waals surface area contributed by atoms with Crippen molar-refractivity contribution in [3.8, 4) is 0 Å². The molecule has 0 saturated heterocycles. The molecule has 1 atom stereocenters. The lowest BCUT2D eigenvalue weighted by Crippen LogP contribution is -2.29. The topological polar surface area (TPSA) is 42.2 Å². The van der Waals surface area contributed by atoms with Gasteiger partial charge in [-0.15, -0.1) is 0 Å². The van der Waals surface area contributed by atoms with Gasteiger partial charge >= 0.3 is 0 Å². The number of nitrogens with one attached hydrogen (secondary N) is 1. The lowest BCUT2D eigenvalue weighted by atomic mass is 9.99. The van der Waals surface area contributed by atoms with Crippen LogP contribution in [0.3, 0.4) is 0 Å². The first kappa shape index (κ1) is 14.1. The normalized spacial score (nSPS) is 12.4. The number of rotatable bonds is 7. The van der Waals surface area contributed by atoms with E-state index in [0.717, 1.165) is 12.8 Å². The van der Waals surface area contributed by atoms with Crippen LogP contribution in [0.25, 0.3) is 0 Å². The van der Waals surface area contributed by atoms with Crippen molar-refractivity contribution in [2.24, 2.45) is 5.92 Å². The second-order valence-corrected chi connectivity index (χ2v) is 4.58. The minimum atomic E-state index is -0.154. The zero-order chi connectivity index (χ0) is 12.7. The third-order valence-corrected chi connectivity index (χ3v) is 3.25. The molecule has 0 aliphatic heterocycles. The molecule has 4 heteroatoms. The van der Waals surface area contributed by atoms with E-state index in [2.05, 4.69) is 19.2 Å². The quantitative estimate of drug-likeness (QED) is 0.805. The molecule has 1 aromatic rings. The summed E-state index contributed by atoms with van der Waals surface area (Å²) in [6, 6.07) is 1.59. The van der Waals surface area contributed by atoms with Gasteiger partial charge in [-0.3, -0.25) is 4.79 Å². The lowest BCUT2D eigenvalue weighted by molar-refractivity contribution is 0.0945. The Kier molecular flexibility index (Phi) is 6.12. The van der Waals surface area contributed by atoms with E-state index in [4.69, 9.17) is 16.0 Å². The van der Waals surface area contributed by atoms with E-state index in [1.165, 1.54) is 19.1 Å². The molecule has 0 aromatic carbocycles. The van der Waals surface area contributed by atoms with E-state index in [1.807, 2.05) is 0 Å². The molecule has 1 rings (SSSR count). The Labute approximate surface area is 108 Å². The fourth-order valence-electron chi connectivity index (χ4n) is 1.73. The van der Waals surface area contributed by atoms with Crippen LogP contribution >= 0.6 is 11.6 Å². The van der Waals surface area contributed by atoms with E-state index in [1.54, 1.807) is 6.07 Å². The first-order valence-corrected chi connectivity index (χ1v) is 6.58. The van der Waals surface area contributed by atoms with Crippen LogP contribution in [0.2, 0.25) is 5.22 Å². The van der Waals surface area contributed by atoms with Gasteiger partial charge in [-0.2, -0.15) is 0 Å². The molecular weight excluding hydrogens is 238 g/mol. The van der Waals surface area contributed by atoms with Crippen molar-refractivity contribution in [2.75, 3.05) is 6.54 Å². The Balaban J connectivity index is 2.39. The molecule has 1 amide bonds. The van der Waals surface area contributed by atoms with Crippen molar-refractivity contribution in [2.45, 2.75) is 39.5 Å². The van der Waals surface area contributed by atoms with E-state index in [0.29, 0.717) is 18.0 Å². The van der Waals surface area contributed by atoms with Gasteiger partial charge in [0.05, 0.1) is 11.8 Å². The summed E-state index contributed by atoms with van der Waals surface area (Å²) in [6.07, 6.45) is 6.07. The molecule has 0 aliphatic carbocycles. The zero-order valence-corrected chi connectivity index (χ0v) is 11.2. The Morgan fingerprint density at radius 3 is 2.82 bits per heavy atom. The van der Waals surface area contributed by atoms with Crippen molar-refractivity contribution in [3.05, 3.63) is 23.1 Å². The van der Waals surface area contributed by atoms with Crippen LogP contribution in [0.4, 0.5) is 0 Å². The smallest absolute Gasteiger partial charge is 0.256 e. The molecular formula is C13H20ClNO2. The number of unbranched alkanes of at least 4 members (excludes halogenated alkanes) is 1. The minimum absolute atomic E-state index is 0.154. The van der Waals surface area contributed by atoms with Gasteiger partial charge in [0.25, 0.3) is 5.91 Å². The van der Waals surface area contributed by atoms with E-state index in [-0.39, 0.29) is 11.1 Å². The average molecular weight is 258 g/mol. The fraction of sp³-hybridized carbons (Fsp3) is 0.615. The summed E-state index contributed by atoms with van der Waals surface area (Å²) >= 11 is 5.74. The Morgan fingerprint density at radius 2 is 2.29 bits per heavy atom. The number of hydrogen-bond acceptors (Lipinski definition) is 2. The Bertz CT molecular complexity index is 349. The number of halogens is 1. The highest BCUT2D eigenvalue weighted by Gasteiger charge is 2.14. The van der Waals surface area contributed by atoms with Gasteiger partial charge in [0.1, 0.15) is 0 Å². The third kappa shape index (κ3) is 4.43. The molecule has 17 heavy (non-hydrogen) atoms.